The highest BCUT2D eigenvalue weighted by molar-refractivity contribution is 5.66. The van der Waals surface area contributed by atoms with E-state index in [-0.39, 0.29) is 0 Å². The van der Waals surface area contributed by atoms with E-state index >= 15 is 0 Å². The Morgan fingerprint density at radius 2 is 1.00 bits per heavy atom. The molecule has 0 radical (unpaired) electrons. The summed E-state index contributed by atoms with van der Waals surface area (Å²) in [4.78, 5) is 10.4. The molecule has 0 saturated carbocycles. The van der Waals surface area contributed by atoms with E-state index in [1.54, 1.807) is 0 Å². The van der Waals surface area contributed by atoms with Crippen molar-refractivity contribution >= 4 is 5.97 Å². The Morgan fingerprint density at radius 1 is 0.615 bits per heavy atom. The predicted octanol–water partition coefficient (Wildman–Crippen LogP) is 7.12. The Hall–Kier alpha value is -1.41. The number of hydrogen-bond donors (Lipinski definition) is 1. The van der Waals surface area contributed by atoms with E-state index in [0.717, 1.165) is 38.5 Å². The molecule has 0 aromatic heterocycles. The zero-order valence-corrected chi connectivity index (χ0v) is 17.1. The molecule has 0 amide bonds. The third kappa shape index (κ3) is 22.6. The summed E-state index contributed by atoms with van der Waals surface area (Å²) >= 11 is 0. The van der Waals surface area contributed by atoms with Crippen LogP contribution >= 0.6 is 0 Å². The molecule has 0 atom stereocenters. The highest BCUT2D eigenvalue weighted by Gasteiger charge is 1.96. The van der Waals surface area contributed by atoms with Gasteiger partial charge in [-0.2, -0.15) is 0 Å². The summed E-state index contributed by atoms with van der Waals surface area (Å²) in [7, 11) is 0. The molecule has 1 N–H and O–H groups in total. The number of hydrogen-bond acceptors (Lipinski definition) is 1. The van der Waals surface area contributed by atoms with Gasteiger partial charge in [0.2, 0.25) is 0 Å². The minimum Gasteiger partial charge on any atom is -0.481 e. The Bertz CT molecular complexity index is 431. The SMILES string of the molecule is CCCCCCCCCCCC#CC#CCCCCCCCCC(=O)O. The lowest BCUT2D eigenvalue weighted by molar-refractivity contribution is -0.137. The molecule has 0 aromatic rings. The van der Waals surface area contributed by atoms with Crippen LogP contribution < -0.4 is 0 Å². The van der Waals surface area contributed by atoms with Crippen molar-refractivity contribution in [1.82, 2.24) is 0 Å². The van der Waals surface area contributed by atoms with Crippen molar-refractivity contribution in [3.63, 3.8) is 0 Å². The molecule has 0 fully saturated rings. The second-order valence-electron chi connectivity index (χ2n) is 7.20. The molecule has 2 nitrogen and oxygen atoms in total. The normalized spacial score (nSPS) is 9.88. The van der Waals surface area contributed by atoms with Gasteiger partial charge in [0, 0.05) is 19.3 Å². The summed E-state index contributed by atoms with van der Waals surface area (Å²) in [6.45, 7) is 2.26. The molecule has 0 bridgehead atoms. The molecule has 2 heteroatoms. The fraction of sp³-hybridized carbons (Fsp3) is 0.792. The zero-order chi connectivity index (χ0) is 19.1. The molecule has 0 unspecified atom stereocenters. The molecular formula is C24H40O2. The first-order valence-corrected chi connectivity index (χ1v) is 10.9. The molecule has 148 valence electrons. The summed E-state index contributed by atoms with van der Waals surface area (Å²) in [5.74, 6) is 11.6. The van der Waals surface area contributed by atoms with Crippen LogP contribution in [-0.2, 0) is 4.79 Å². The molecule has 0 spiro atoms. The van der Waals surface area contributed by atoms with Gasteiger partial charge in [-0.3, -0.25) is 4.79 Å². The maximum Gasteiger partial charge on any atom is 0.303 e. The minimum atomic E-state index is -0.681. The van der Waals surface area contributed by atoms with Gasteiger partial charge in [-0.15, -0.1) is 0 Å². The smallest absolute Gasteiger partial charge is 0.303 e. The number of unbranched alkanes of at least 4 members (excludes halogenated alkanes) is 15. The van der Waals surface area contributed by atoms with Crippen LogP contribution in [0.4, 0.5) is 0 Å². The van der Waals surface area contributed by atoms with Crippen LogP contribution in [0.15, 0.2) is 0 Å². The molecule has 26 heavy (non-hydrogen) atoms. The molecule has 0 rings (SSSR count). The quantitative estimate of drug-likeness (QED) is 0.221. The first-order valence-electron chi connectivity index (χ1n) is 10.9. The van der Waals surface area contributed by atoms with Crippen LogP contribution in [0, 0.1) is 23.7 Å². The van der Waals surface area contributed by atoms with E-state index in [9.17, 15) is 4.79 Å². The highest BCUT2D eigenvalue weighted by atomic mass is 16.4. The van der Waals surface area contributed by atoms with Crippen LogP contribution in [0.5, 0.6) is 0 Å². The number of rotatable bonds is 17. The van der Waals surface area contributed by atoms with Crippen molar-refractivity contribution in [2.24, 2.45) is 0 Å². The summed E-state index contributed by atoms with van der Waals surface area (Å²) in [6.07, 6.45) is 20.9. The van der Waals surface area contributed by atoms with Gasteiger partial charge in [-0.25, -0.2) is 0 Å². The van der Waals surface area contributed by atoms with Crippen LogP contribution in [0.2, 0.25) is 0 Å². The average Bonchev–Trinajstić information content (AvgIpc) is 2.62. The van der Waals surface area contributed by atoms with Crippen LogP contribution in [0.25, 0.3) is 0 Å². The van der Waals surface area contributed by atoms with E-state index in [2.05, 4.69) is 30.6 Å². The van der Waals surface area contributed by atoms with Gasteiger partial charge < -0.3 is 5.11 Å². The van der Waals surface area contributed by atoms with Gasteiger partial charge in [-0.1, -0.05) is 95.8 Å². The largest absolute Gasteiger partial charge is 0.481 e. The van der Waals surface area contributed by atoms with Gasteiger partial charge in [0.1, 0.15) is 0 Å². The fourth-order valence-electron chi connectivity index (χ4n) is 2.93. The van der Waals surface area contributed by atoms with Gasteiger partial charge >= 0.3 is 5.97 Å². The van der Waals surface area contributed by atoms with Gasteiger partial charge in [-0.05, 0) is 31.1 Å². The lowest BCUT2D eigenvalue weighted by Crippen LogP contribution is -1.93. The lowest BCUT2D eigenvalue weighted by Gasteiger charge is -1.99. The maximum atomic E-state index is 10.4. The highest BCUT2D eigenvalue weighted by Crippen LogP contribution is 2.10. The van der Waals surface area contributed by atoms with Crippen molar-refractivity contribution in [2.45, 2.75) is 122 Å². The second kappa shape index (κ2) is 21.6. The summed E-state index contributed by atoms with van der Waals surface area (Å²) in [5.41, 5.74) is 0. The number of carboxylic acid groups (broad SMARTS) is 1. The summed E-state index contributed by atoms with van der Waals surface area (Å²) < 4.78 is 0. The third-order valence-corrected chi connectivity index (χ3v) is 4.59. The van der Waals surface area contributed by atoms with Crippen molar-refractivity contribution in [1.29, 1.82) is 0 Å². The van der Waals surface area contributed by atoms with Crippen molar-refractivity contribution in [2.75, 3.05) is 0 Å². The Kier molecular flexibility index (Phi) is 20.5. The monoisotopic (exact) mass is 360 g/mol. The van der Waals surface area contributed by atoms with Gasteiger partial charge in [0.15, 0.2) is 0 Å². The van der Waals surface area contributed by atoms with E-state index in [4.69, 9.17) is 5.11 Å². The van der Waals surface area contributed by atoms with E-state index in [0.29, 0.717) is 6.42 Å². The van der Waals surface area contributed by atoms with Crippen molar-refractivity contribution in [3.05, 3.63) is 0 Å². The lowest BCUT2D eigenvalue weighted by atomic mass is 10.1. The van der Waals surface area contributed by atoms with Crippen LogP contribution in [0.1, 0.15) is 122 Å². The molecular weight excluding hydrogens is 320 g/mol. The Balaban J connectivity index is 3.25. The van der Waals surface area contributed by atoms with Crippen molar-refractivity contribution < 1.29 is 9.90 Å². The second-order valence-corrected chi connectivity index (χ2v) is 7.20. The van der Waals surface area contributed by atoms with Crippen LogP contribution in [0.3, 0.4) is 0 Å². The molecule has 0 aliphatic heterocycles. The third-order valence-electron chi connectivity index (χ3n) is 4.59. The van der Waals surface area contributed by atoms with Gasteiger partial charge in [0.05, 0.1) is 0 Å². The van der Waals surface area contributed by atoms with Gasteiger partial charge in [0.25, 0.3) is 0 Å². The molecule has 0 aliphatic carbocycles. The standard InChI is InChI=1S/C24H40O2/c1-2-3-4-5-6-7-8-9-10-11-12-13-14-15-16-17-18-19-20-21-22-23-24(25)26/h2-11,16-23H2,1H3,(H,25,26). The fourth-order valence-corrected chi connectivity index (χ4v) is 2.93. The molecule has 0 saturated heterocycles. The van der Waals surface area contributed by atoms with Crippen LogP contribution in [-0.4, -0.2) is 11.1 Å². The van der Waals surface area contributed by atoms with E-state index in [1.165, 1.54) is 70.6 Å². The summed E-state index contributed by atoms with van der Waals surface area (Å²) in [5, 5.41) is 8.55. The van der Waals surface area contributed by atoms with E-state index in [1.807, 2.05) is 0 Å². The first-order chi connectivity index (χ1) is 12.8. The molecule has 0 aliphatic rings. The molecule has 0 heterocycles. The Morgan fingerprint density at radius 3 is 1.42 bits per heavy atom. The Labute approximate surface area is 162 Å². The van der Waals surface area contributed by atoms with E-state index < -0.39 is 5.97 Å². The average molecular weight is 361 g/mol. The first kappa shape index (κ1) is 24.6. The predicted molar refractivity (Wildman–Crippen MR) is 112 cm³/mol. The number of carbonyl (C=O) groups is 1. The number of aliphatic carboxylic acids is 1. The minimum absolute atomic E-state index is 0.309. The summed E-state index contributed by atoms with van der Waals surface area (Å²) in [6, 6.07) is 0. The molecule has 0 aromatic carbocycles. The topological polar surface area (TPSA) is 37.3 Å². The maximum absolute atomic E-state index is 10.4. The zero-order valence-electron chi connectivity index (χ0n) is 17.1. The van der Waals surface area contributed by atoms with Crippen molar-refractivity contribution in [3.8, 4) is 23.7 Å². The number of carboxylic acids is 1.